The van der Waals surface area contributed by atoms with Crippen molar-refractivity contribution in [2.45, 2.75) is 18.2 Å². The highest BCUT2D eigenvalue weighted by molar-refractivity contribution is 7.86. The average Bonchev–Trinajstić information content (AvgIpc) is 2.45. The first kappa shape index (κ1) is 18.6. The van der Waals surface area contributed by atoms with E-state index in [9.17, 15) is 13.2 Å². The predicted molar refractivity (Wildman–Crippen MR) is 78.2 cm³/mol. The van der Waals surface area contributed by atoms with Gasteiger partial charge in [-0.15, -0.1) is 0 Å². The number of carboxylic acid groups (broad SMARTS) is 1. The first-order valence-corrected chi connectivity index (χ1v) is 8.16. The maximum atomic E-state index is 11.8. The second kappa shape index (κ2) is 9.52. The van der Waals surface area contributed by atoms with Crippen LogP contribution in [0, 0.1) is 6.92 Å². The molecule has 0 aromatic heterocycles. The summed E-state index contributed by atoms with van der Waals surface area (Å²) in [5, 5.41) is 8.34. The second-order valence-corrected chi connectivity index (χ2v) is 6.12. The lowest BCUT2D eigenvalue weighted by atomic mass is 10.2. The third-order valence-corrected chi connectivity index (χ3v) is 3.91. The van der Waals surface area contributed by atoms with Crippen molar-refractivity contribution in [3.8, 4) is 0 Å². The summed E-state index contributed by atoms with van der Waals surface area (Å²) in [5.74, 6) is -1.02. The molecule has 0 heterocycles. The molecule has 1 rings (SSSR count). The van der Waals surface area contributed by atoms with Crippen molar-refractivity contribution in [2.24, 2.45) is 0 Å². The molecule has 0 saturated carbocycles. The van der Waals surface area contributed by atoms with Crippen LogP contribution in [-0.2, 0) is 28.6 Å². The normalized spacial score (nSPS) is 11.5. The van der Waals surface area contributed by atoms with Crippen LogP contribution in [-0.4, -0.2) is 52.5 Å². The molecule has 0 aliphatic heterocycles. The highest BCUT2D eigenvalue weighted by Crippen LogP contribution is 2.12. The van der Waals surface area contributed by atoms with Crippen LogP contribution in [0.25, 0.3) is 0 Å². The molecule has 0 spiro atoms. The smallest absolute Gasteiger partial charge is 0.329 e. The monoisotopic (exact) mass is 332 g/mol. The van der Waals surface area contributed by atoms with Gasteiger partial charge in [-0.2, -0.15) is 8.42 Å². The van der Waals surface area contributed by atoms with E-state index in [-0.39, 0.29) is 31.3 Å². The summed E-state index contributed by atoms with van der Waals surface area (Å²) in [6, 6.07) is 6.38. The van der Waals surface area contributed by atoms with Gasteiger partial charge in [-0.1, -0.05) is 17.7 Å². The molecule has 0 radical (unpaired) electrons. The summed E-state index contributed by atoms with van der Waals surface area (Å²) in [5.41, 5.74) is 0.965. The van der Waals surface area contributed by atoms with Crippen molar-refractivity contribution in [1.82, 2.24) is 0 Å². The Hall–Kier alpha value is -1.48. The largest absolute Gasteiger partial charge is 0.480 e. The molecule has 0 atom stereocenters. The van der Waals surface area contributed by atoms with Crippen molar-refractivity contribution in [2.75, 3.05) is 33.0 Å². The van der Waals surface area contributed by atoms with Crippen LogP contribution in [0.15, 0.2) is 29.2 Å². The third kappa shape index (κ3) is 7.51. The topological polar surface area (TPSA) is 99.1 Å². The number of aryl methyl sites for hydroxylation is 1. The Morgan fingerprint density at radius 3 is 2.32 bits per heavy atom. The lowest BCUT2D eigenvalue weighted by molar-refractivity contribution is -0.142. The van der Waals surface area contributed by atoms with Gasteiger partial charge in [-0.25, -0.2) is 4.79 Å². The van der Waals surface area contributed by atoms with E-state index in [0.29, 0.717) is 13.0 Å². The molecular formula is C14H20O7S. The summed E-state index contributed by atoms with van der Waals surface area (Å²) in [4.78, 5) is 10.3. The van der Waals surface area contributed by atoms with E-state index in [0.717, 1.165) is 5.56 Å². The number of rotatable bonds is 11. The van der Waals surface area contributed by atoms with Gasteiger partial charge >= 0.3 is 5.97 Å². The van der Waals surface area contributed by atoms with Gasteiger partial charge in [-0.05, 0) is 25.5 Å². The maximum absolute atomic E-state index is 11.8. The van der Waals surface area contributed by atoms with Crippen LogP contribution in [0.4, 0.5) is 0 Å². The van der Waals surface area contributed by atoms with Crippen LogP contribution in [0.1, 0.15) is 12.0 Å². The number of benzene rings is 1. The number of carbonyl (C=O) groups is 1. The first-order chi connectivity index (χ1) is 10.4. The number of aliphatic carboxylic acids is 1. The van der Waals surface area contributed by atoms with Crippen LogP contribution in [0.2, 0.25) is 0 Å². The Labute approximate surface area is 129 Å². The Morgan fingerprint density at radius 1 is 1.05 bits per heavy atom. The zero-order chi connectivity index (χ0) is 16.4. The molecule has 1 aromatic carbocycles. The fourth-order valence-corrected chi connectivity index (χ4v) is 2.39. The van der Waals surface area contributed by atoms with E-state index in [2.05, 4.69) is 0 Å². The number of carboxylic acids is 1. The third-order valence-electron chi connectivity index (χ3n) is 2.58. The standard InChI is InChI=1S/C14H20O7S/c1-12-3-5-13(6-4-12)22(17,18)21-10-9-19-7-2-8-20-11-14(15)16/h3-6H,2,7-11H2,1H3,(H,15,16). The predicted octanol–water partition coefficient (Wildman–Crippen LogP) is 1.21. The van der Waals surface area contributed by atoms with E-state index in [1.165, 1.54) is 12.1 Å². The molecule has 0 saturated heterocycles. The maximum Gasteiger partial charge on any atom is 0.329 e. The number of hydrogen-bond donors (Lipinski definition) is 1. The van der Waals surface area contributed by atoms with Gasteiger partial charge in [-0.3, -0.25) is 4.18 Å². The van der Waals surface area contributed by atoms with E-state index < -0.39 is 16.1 Å². The van der Waals surface area contributed by atoms with Crippen molar-refractivity contribution < 1.29 is 32.0 Å². The molecule has 1 N–H and O–H groups in total. The van der Waals surface area contributed by atoms with Gasteiger partial charge < -0.3 is 14.6 Å². The van der Waals surface area contributed by atoms with Crippen LogP contribution >= 0.6 is 0 Å². The van der Waals surface area contributed by atoms with Crippen LogP contribution < -0.4 is 0 Å². The quantitative estimate of drug-likeness (QED) is 0.480. The highest BCUT2D eigenvalue weighted by Gasteiger charge is 2.14. The number of hydrogen-bond acceptors (Lipinski definition) is 6. The van der Waals surface area contributed by atoms with E-state index >= 15 is 0 Å². The number of ether oxygens (including phenoxy) is 2. The Morgan fingerprint density at radius 2 is 1.68 bits per heavy atom. The molecule has 0 aliphatic rings. The minimum Gasteiger partial charge on any atom is -0.480 e. The summed E-state index contributed by atoms with van der Waals surface area (Å²) in [6.45, 7) is 2.20. The first-order valence-electron chi connectivity index (χ1n) is 6.75. The molecule has 0 aliphatic carbocycles. The minimum absolute atomic E-state index is 0.0772. The van der Waals surface area contributed by atoms with Crippen LogP contribution in [0.3, 0.4) is 0 Å². The molecule has 0 fully saturated rings. The fourth-order valence-electron chi connectivity index (χ4n) is 1.50. The molecule has 0 unspecified atom stereocenters. The fraction of sp³-hybridized carbons (Fsp3) is 0.500. The summed E-state index contributed by atoms with van der Waals surface area (Å²) in [6.07, 6.45) is 0.526. The van der Waals surface area contributed by atoms with Crippen molar-refractivity contribution >= 4 is 16.1 Å². The van der Waals surface area contributed by atoms with Crippen molar-refractivity contribution in [3.63, 3.8) is 0 Å². The average molecular weight is 332 g/mol. The van der Waals surface area contributed by atoms with Crippen molar-refractivity contribution in [3.05, 3.63) is 29.8 Å². The Kier molecular flexibility index (Phi) is 8.03. The molecule has 0 bridgehead atoms. The summed E-state index contributed by atoms with van der Waals surface area (Å²) in [7, 11) is -3.76. The Bertz CT molecular complexity index is 551. The minimum atomic E-state index is -3.76. The Balaban J connectivity index is 2.13. The molecule has 7 nitrogen and oxygen atoms in total. The van der Waals surface area contributed by atoms with Crippen molar-refractivity contribution in [1.29, 1.82) is 0 Å². The van der Waals surface area contributed by atoms with Gasteiger partial charge in [0.1, 0.15) is 6.61 Å². The summed E-state index contributed by atoms with van der Waals surface area (Å²) < 4.78 is 38.5. The SMILES string of the molecule is Cc1ccc(S(=O)(=O)OCCOCCCOCC(=O)O)cc1. The molecule has 8 heteroatoms. The molecule has 124 valence electrons. The van der Waals surface area contributed by atoms with E-state index in [1.54, 1.807) is 12.1 Å². The van der Waals surface area contributed by atoms with Gasteiger partial charge in [0.2, 0.25) is 0 Å². The molecular weight excluding hydrogens is 312 g/mol. The van der Waals surface area contributed by atoms with E-state index in [1.807, 2.05) is 6.92 Å². The van der Waals surface area contributed by atoms with Gasteiger partial charge in [0.05, 0.1) is 18.1 Å². The van der Waals surface area contributed by atoms with Gasteiger partial charge in [0.15, 0.2) is 0 Å². The zero-order valence-electron chi connectivity index (χ0n) is 12.4. The summed E-state index contributed by atoms with van der Waals surface area (Å²) >= 11 is 0. The lowest BCUT2D eigenvalue weighted by Crippen LogP contribution is -2.13. The lowest BCUT2D eigenvalue weighted by Gasteiger charge is -2.07. The molecule has 1 aromatic rings. The van der Waals surface area contributed by atoms with Gasteiger partial charge in [0.25, 0.3) is 10.1 Å². The van der Waals surface area contributed by atoms with Gasteiger partial charge in [0, 0.05) is 13.2 Å². The highest BCUT2D eigenvalue weighted by atomic mass is 32.2. The second-order valence-electron chi connectivity index (χ2n) is 4.50. The van der Waals surface area contributed by atoms with Crippen LogP contribution in [0.5, 0.6) is 0 Å². The molecule has 22 heavy (non-hydrogen) atoms. The zero-order valence-corrected chi connectivity index (χ0v) is 13.2. The van der Waals surface area contributed by atoms with E-state index in [4.69, 9.17) is 18.8 Å². The molecule has 0 amide bonds.